The van der Waals surface area contributed by atoms with Crippen LogP contribution in [0.3, 0.4) is 0 Å². The van der Waals surface area contributed by atoms with Gasteiger partial charge in [0.05, 0.1) is 6.42 Å². The molecule has 124 valence electrons. The molecular weight excluding hydrogens is 276 g/mol. The zero-order valence-electron chi connectivity index (χ0n) is 15.0. The van der Waals surface area contributed by atoms with Gasteiger partial charge in [0, 0.05) is 5.56 Å². The standard InChI is InChI=1S/C19H30O3/c1-8-9-19(6,7)17-14(10-13(2)11-15(17)20)12-16(21)22-18(3,4)5/h10-11,20H,8-9,12H2,1-7H3. The van der Waals surface area contributed by atoms with E-state index in [1.807, 2.05) is 33.8 Å². The van der Waals surface area contributed by atoms with Crippen LogP contribution in [-0.2, 0) is 21.4 Å². The second-order valence-electron chi connectivity index (χ2n) is 7.72. The first kappa shape index (κ1) is 18.5. The summed E-state index contributed by atoms with van der Waals surface area (Å²) in [5.74, 6) is 0.0167. The summed E-state index contributed by atoms with van der Waals surface area (Å²) in [5.41, 5.74) is 2.01. The molecule has 0 saturated carbocycles. The van der Waals surface area contributed by atoms with Gasteiger partial charge in [0.2, 0.25) is 0 Å². The van der Waals surface area contributed by atoms with Crippen LogP contribution in [0.2, 0.25) is 0 Å². The fourth-order valence-electron chi connectivity index (χ4n) is 3.04. The molecule has 0 atom stereocenters. The minimum Gasteiger partial charge on any atom is -0.508 e. The number of aryl methyl sites for hydroxylation is 1. The van der Waals surface area contributed by atoms with E-state index < -0.39 is 5.60 Å². The van der Waals surface area contributed by atoms with Crippen molar-refractivity contribution in [1.29, 1.82) is 0 Å². The average Bonchev–Trinajstić information content (AvgIpc) is 2.23. The van der Waals surface area contributed by atoms with Crippen molar-refractivity contribution in [2.24, 2.45) is 0 Å². The minimum absolute atomic E-state index is 0.177. The molecule has 0 radical (unpaired) electrons. The SMILES string of the molecule is CCCC(C)(C)c1c(O)cc(C)cc1CC(=O)OC(C)(C)C. The highest BCUT2D eigenvalue weighted by Gasteiger charge is 2.28. The van der Waals surface area contributed by atoms with Gasteiger partial charge in [-0.15, -0.1) is 0 Å². The van der Waals surface area contributed by atoms with Crippen LogP contribution in [-0.4, -0.2) is 16.7 Å². The van der Waals surface area contributed by atoms with E-state index >= 15 is 0 Å². The number of phenols is 1. The van der Waals surface area contributed by atoms with E-state index in [9.17, 15) is 9.90 Å². The van der Waals surface area contributed by atoms with Gasteiger partial charge in [-0.05, 0) is 56.7 Å². The maximum absolute atomic E-state index is 12.2. The first-order valence-corrected chi connectivity index (χ1v) is 8.01. The number of hydrogen-bond donors (Lipinski definition) is 1. The second kappa shape index (κ2) is 6.72. The van der Waals surface area contributed by atoms with Gasteiger partial charge in [0.1, 0.15) is 11.4 Å². The molecule has 3 heteroatoms. The Morgan fingerprint density at radius 3 is 2.27 bits per heavy atom. The molecule has 0 heterocycles. The lowest BCUT2D eigenvalue weighted by Gasteiger charge is -2.29. The van der Waals surface area contributed by atoms with Crippen LogP contribution in [0.1, 0.15) is 71.1 Å². The summed E-state index contributed by atoms with van der Waals surface area (Å²) in [5, 5.41) is 10.4. The van der Waals surface area contributed by atoms with Gasteiger partial charge >= 0.3 is 5.97 Å². The number of hydrogen-bond acceptors (Lipinski definition) is 3. The molecule has 0 bridgehead atoms. The quantitative estimate of drug-likeness (QED) is 0.805. The number of rotatable bonds is 5. The average molecular weight is 306 g/mol. The monoisotopic (exact) mass is 306 g/mol. The Morgan fingerprint density at radius 2 is 1.77 bits per heavy atom. The van der Waals surface area contributed by atoms with Gasteiger partial charge in [0.25, 0.3) is 0 Å². The highest BCUT2D eigenvalue weighted by atomic mass is 16.6. The van der Waals surface area contributed by atoms with Crippen LogP contribution in [0, 0.1) is 6.92 Å². The lowest BCUT2D eigenvalue weighted by atomic mass is 9.76. The molecule has 1 rings (SSSR count). The lowest BCUT2D eigenvalue weighted by Crippen LogP contribution is -2.26. The fraction of sp³-hybridized carbons (Fsp3) is 0.632. The Balaban J connectivity index is 3.21. The first-order valence-electron chi connectivity index (χ1n) is 8.01. The third kappa shape index (κ3) is 5.04. The molecule has 0 unspecified atom stereocenters. The minimum atomic E-state index is -0.498. The summed E-state index contributed by atoms with van der Waals surface area (Å²) in [6.07, 6.45) is 2.16. The number of phenolic OH excluding ortho intramolecular Hbond substituents is 1. The van der Waals surface area contributed by atoms with Crippen molar-refractivity contribution >= 4 is 5.97 Å². The van der Waals surface area contributed by atoms with Crippen LogP contribution >= 0.6 is 0 Å². The fourth-order valence-corrected chi connectivity index (χ4v) is 3.04. The van der Waals surface area contributed by atoms with Crippen LogP contribution in [0.15, 0.2) is 12.1 Å². The molecular formula is C19H30O3. The molecule has 0 fully saturated rings. The Kier molecular flexibility index (Phi) is 5.66. The lowest BCUT2D eigenvalue weighted by molar-refractivity contribution is -0.153. The predicted octanol–water partition coefficient (Wildman–Crippen LogP) is 4.66. The van der Waals surface area contributed by atoms with Crippen molar-refractivity contribution in [2.45, 2.75) is 78.7 Å². The molecule has 0 aliphatic rings. The summed E-state index contributed by atoms with van der Waals surface area (Å²) in [6.45, 7) is 13.9. The first-order chi connectivity index (χ1) is 9.96. The van der Waals surface area contributed by atoms with E-state index in [4.69, 9.17) is 4.74 Å². The number of ether oxygens (including phenoxy) is 1. The van der Waals surface area contributed by atoms with E-state index in [2.05, 4.69) is 20.8 Å². The maximum atomic E-state index is 12.2. The second-order valence-corrected chi connectivity index (χ2v) is 7.72. The highest BCUT2D eigenvalue weighted by Crippen LogP contribution is 2.38. The van der Waals surface area contributed by atoms with E-state index in [1.165, 1.54) is 0 Å². The van der Waals surface area contributed by atoms with E-state index in [0.717, 1.165) is 29.5 Å². The summed E-state index contributed by atoms with van der Waals surface area (Å²) < 4.78 is 5.43. The van der Waals surface area contributed by atoms with Gasteiger partial charge in [-0.25, -0.2) is 0 Å². The van der Waals surface area contributed by atoms with Crippen molar-refractivity contribution in [3.05, 3.63) is 28.8 Å². The highest BCUT2D eigenvalue weighted by molar-refractivity contribution is 5.74. The summed E-state index contributed by atoms with van der Waals surface area (Å²) >= 11 is 0. The van der Waals surface area contributed by atoms with Gasteiger partial charge in [-0.1, -0.05) is 33.3 Å². The van der Waals surface area contributed by atoms with Crippen molar-refractivity contribution < 1.29 is 14.6 Å². The number of esters is 1. The van der Waals surface area contributed by atoms with E-state index in [0.29, 0.717) is 0 Å². The van der Waals surface area contributed by atoms with Crippen LogP contribution in [0.5, 0.6) is 5.75 Å². The van der Waals surface area contributed by atoms with Crippen molar-refractivity contribution in [1.82, 2.24) is 0 Å². The van der Waals surface area contributed by atoms with Crippen molar-refractivity contribution in [3.63, 3.8) is 0 Å². The van der Waals surface area contributed by atoms with Gasteiger partial charge in [-0.3, -0.25) is 4.79 Å². The Morgan fingerprint density at radius 1 is 1.18 bits per heavy atom. The Bertz CT molecular complexity index is 536. The smallest absolute Gasteiger partial charge is 0.310 e. The Labute approximate surface area is 134 Å². The van der Waals surface area contributed by atoms with Gasteiger partial charge in [0.15, 0.2) is 0 Å². The molecule has 1 N–H and O–H groups in total. The molecule has 0 saturated heterocycles. The van der Waals surface area contributed by atoms with Gasteiger partial charge < -0.3 is 9.84 Å². The number of benzene rings is 1. The van der Waals surface area contributed by atoms with Crippen LogP contribution in [0.4, 0.5) is 0 Å². The summed E-state index contributed by atoms with van der Waals surface area (Å²) in [7, 11) is 0. The number of aromatic hydroxyl groups is 1. The maximum Gasteiger partial charge on any atom is 0.310 e. The zero-order valence-corrected chi connectivity index (χ0v) is 15.0. The molecule has 0 aromatic heterocycles. The third-order valence-electron chi connectivity index (χ3n) is 3.65. The van der Waals surface area contributed by atoms with Crippen LogP contribution in [0.25, 0.3) is 0 Å². The molecule has 0 amide bonds. The van der Waals surface area contributed by atoms with Gasteiger partial charge in [-0.2, -0.15) is 0 Å². The number of carbonyl (C=O) groups excluding carboxylic acids is 1. The van der Waals surface area contributed by atoms with Crippen LogP contribution < -0.4 is 0 Å². The van der Waals surface area contributed by atoms with E-state index in [1.54, 1.807) is 6.07 Å². The normalized spacial score (nSPS) is 12.3. The molecule has 1 aromatic carbocycles. The third-order valence-corrected chi connectivity index (χ3v) is 3.65. The molecule has 0 aliphatic carbocycles. The summed E-state index contributed by atoms with van der Waals surface area (Å²) in [4.78, 5) is 12.2. The molecule has 0 spiro atoms. The van der Waals surface area contributed by atoms with Crippen molar-refractivity contribution in [2.75, 3.05) is 0 Å². The van der Waals surface area contributed by atoms with E-state index in [-0.39, 0.29) is 23.6 Å². The predicted molar refractivity (Wildman–Crippen MR) is 90.3 cm³/mol. The topological polar surface area (TPSA) is 46.5 Å². The molecule has 0 aliphatic heterocycles. The zero-order chi connectivity index (χ0) is 17.1. The molecule has 22 heavy (non-hydrogen) atoms. The number of carbonyl (C=O) groups is 1. The largest absolute Gasteiger partial charge is 0.508 e. The molecule has 3 nitrogen and oxygen atoms in total. The molecule has 1 aromatic rings. The summed E-state index contributed by atoms with van der Waals surface area (Å²) in [6, 6.07) is 3.75. The Hall–Kier alpha value is -1.51. The van der Waals surface area contributed by atoms with Crippen molar-refractivity contribution in [3.8, 4) is 5.75 Å².